The molecule has 0 spiro atoms. The molecule has 0 aliphatic rings. The van der Waals surface area contributed by atoms with E-state index in [1.807, 2.05) is 4.42 Å². The Kier molecular flexibility index (Phi) is 13.1. The number of nitrogens with zero attached hydrogens (tertiary/aromatic N) is 1. The second kappa shape index (κ2) is 13.0. The largest absolute Gasteiger partial charge is 0.215 e. The van der Waals surface area contributed by atoms with E-state index in [0.717, 1.165) is 6.54 Å². The fourth-order valence-electron chi connectivity index (χ4n) is 2.77. The molecule has 0 aromatic carbocycles. The minimum absolute atomic E-state index is 0.148. The highest BCUT2D eigenvalue weighted by Gasteiger charge is 2.23. The van der Waals surface area contributed by atoms with Crippen LogP contribution in [0.25, 0.3) is 0 Å². The van der Waals surface area contributed by atoms with E-state index in [-0.39, 0.29) is 5.54 Å². The Morgan fingerprint density at radius 2 is 1.10 bits per heavy atom. The summed E-state index contributed by atoms with van der Waals surface area (Å²) in [4.78, 5) is 0. The Hall–Kier alpha value is 0.250. The molecule has 0 aliphatic heterocycles. The predicted octanol–water partition coefficient (Wildman–Crippen LogP) is 6.94. The molecule has 0 aromatic rings. The van der Waals surface area contributed by atoms with E-state index < -0.39 is 0 Å². The van der Waals surface area contributed by atoms with Crippen molar-refractivity contribution in [3.8, 4) is 0 Å². The van der Waals surface area contributed by atoms with Crippen molar-refractivity contribution in [1.29, 1.82) is 0 Å². The van der Waals surface area contributed by atoms with Gasteiger partial charge in [-0.25, -0.2) is 4.42 Å². The Labute approximate surface area is 133 Å². The van der Waals surface area contributed by atoms with Gasteiger partial charge >= 0.3 is 0 Å². The van der Waals surface area contributed by atoms with Crippen LogP contribution in [0.1, 0.15) is 105 Å². The van der Waals surface area contributed by atoms with Crippen LogP contribution in [0.3, 0.4) is 0 Å². The smallest absolute Gasteiger partial charge is 0.0306 e. The topological polar surface area (TPSA) is 3.24 Å². The molecule has 0 amide bonds. The SMILES string of the molecule is CCCCCCCCCCCCCC(C)(C)N(Cl)CC. The molecule has 0 aliphatic carbocycles. The van der Waals surface area contributed by atoms with Crippen LogP contribution >= 0.6 is 11.8 Å². The molecule has 0 bridgehead atoms. The summed E-state index contributed by atoms with van der Waals surface area (Å²) >= 11 is 6.22. The average molecular weight is 304 g/mol. The number of unbranched alkanes of at least 4 members (excludes halogenated alkanes) is 10. The summed E-state index contributed by atoms with van der Waals surface area (Å²) in [6, 6.07) is 0. The molecule has 0 aromatic heterocycles. The molecular formula is C18H38ClN. The van der Waals surface area contributed by atoms with Gasteiger partial charge in [-0.15, -0.1) is 0 Å². The second-order valence-corrected chi connectivity index (χ2v) is 7.18. The molecule has 0 fully saturated rings. The molecular weight excluding hydrogens is 266 g/mol. The lowest BCUT2D eigenvalue weighted by molar-refractivity contribution is 0.223. The monoisotopic (exact) mass is 303 g/mol. The van der Waals surface area contributed by atoms with Gasteiger partial charge in [0.1, 0.15) is 0 Å². The van der Waals surface area contributed by atoms with Gasteiger partial charge in [-0.05, 0) is 32.0 Å². The summed E-state index contributed by atoms with van der Waals surface area (Å²) in [5.41, 5.74) is 0.148. The molecule has 1 nitrogen and oxygen atoms in total. The van der Waals surface area contributed by atoms with E-state index in [2.05, 4.69) is 27.7 Å². The highest BCUT2D eigenvalue weighted by molar-refractivity contribution is 6.13. The zero-order valence-electron chi connectivity index (χ0n) is 14.5. The number of hydrogen-bond donors (Lipinski definition) is 0. The third-order valence-corrected chi connectivity index (χ3v) is 5.02. The van der Waals surface area contributed by atoms with Crippen LogP contribution in [0, 0.1) is 0 Å². The van der Waals surface area contributed by atoms with Crippen LogP contribution in [-0.4, -0.2) is 16.5 Å². The predicted molar refractivity (Wildman–Crippen MR) is 93.4 cm³/mol. The molecule has 0 saturated carbocycles. The molecule has 0 rings (SSSR count). The van der Waals surface area contributed by atoms with Crippen molar-refractivity contribution in [3.63, 3.8) is 0 Å². The van der Waals surface area contributed by atoms with Crippen molar-refractivity contribution in [2.24, 2.45) is 0 Å². The third kappa shape index (κ3) is 11.0. The average Bonchev–Trinajstić information content (AvgIpc) is 2.43. The molecule has 2 heteroatoms. The van der Waals surface area contributed by atoms with Crippen LogP contribution in [0.5, 0.6) is 0 Å². The first kappa shape index (κ1) is 20.2. The normalized spacial score (nSPS) is 12.3. The van der Waals surface area contributed by atoms with Crippen LogP contribution in [0.2, 0.25) is 0 Å². The van der Waals surface area contributed by atoms with Crippen molar-refractivity contribution >= 4 is 11.8 Å². The number of halogens is 1. The minimum Gasteiger partial charge on any atom is -0.215 e. The fraction of sp³-hybridized carbons (Fsp3) is 1.00. The third-order valence-electron chi connectivity index (χ3n) is 4.33. The van der Waals surface area contributed by atoms with Gasteiger partial charge in [-0.2, -0.15) is 0 Å². The first-order chi connectivity index (χ1) is 9.54. The van der Waals surface area contributed by atoms with Gasteiger partial charge in [0.05, 0.1) is 0 Å². The van der Waals surface area contributed by atoms with E-state index >= 15 is 0 Å². The van der Waals surface area contributed by atoms with Crippen LogP contribution in [0.15, 0.2) is 0 Å². The Morgan fingerprint density at radius 3 is 1.50 bits per heavy atom. The summed E-state index contributed by atoms with van der Waals surface area (Å²) in [7, 11) is 0. The van der Waals surface area contributed by atoms with E-state index in [9.17, 15) is 0 Å². The number of hydrogen-bond acceptors (Lipinski definition) is 1. The van der Waals surface area contributed by atoms with Crippen molar-refractivity contribution in [2.45, 2.75) is 110 Å². The second-order valence-electron chi connectivity index (χ2n) is 6.78. The quantitative estimate of drug-likeness (QED) is 0.248. The van der Waals surface area contributed by atoms with E-state index in [1.165, 1.54) is 77.0 Å². The van der Waals surface area contributed by atoms with E-state index in [4.69, 9.17) is 11.8 Å². The van der Waals surface area contributed by atoms with Crippen molar-refractivity contribution in [2.75, 3.05) is 6.54 Å². The molecule has 0 N–H and O–H groups in total. The zero-order valence-corrected chi connectivity index (χ0v) is 15.3. The molecule has 0 atom stereocenters. The highest BCUT2D eigenvalue weighted by atomic mass is 35.5. The van der Waals surface area contributed by atoms with Gasteiger partial charge in [-0.1, -0.05) is 84.5 Å². The van der Waals surface area contributed by atoms with Gasteiger partial charge in [0, 0.05) is 12.1 Å². The summed E-state index contributed by atoms with van der Waals surface area (Å²) in [6.07, 6.45) is 16.7. The highest BCUT2D eigenvalue weighted by Crippen LogP contribution is 2.24. The van der Waals surface area contributed by atoms with Crippen molar-refractivity contribution in [1.82, 2.24) is 4.42 Å². The molecule has 122 valence electrons. The Bertz CT molecular complexity index is 204. The minimum atomic E-state index is 0.148. The van der Waals surface area contributed by atoms with Crippen LogP contribution < -0.4 is 0 Å². The summed E-state index contributed by atoms with van der Waals surface area (Å²) in [5.74, 6) is 0. The van der Waals surface area contributed by atoms with E-state index in [0.29, 0.717) is 0 Å². The van der Waals surface area contributed by atoms with Gasteiger partial charge in [0.15, 0.2) is 0 Å². The number of rotatable bonds is 14. The summed E-state index contributed by atoms with van der Waals surface area (Å²) in [5, 5.41) is 0. The lowest BCUT2D eigenvalue weighted by atomic mass is 9.96. The van der Waals surface area contributed by atoms with Crippen molar-refractivity contribution < 1.29 is 0 Å². The Morgan fingerprint density at radius 1 is 0.700 bits per heavy atom. The molecule has 0 saturated heterocycles. The maximum Gasteiger partial charge on any atom is 0.0306 e. The van der Waals surface area contributed by atoms with Gasteiger partial charge in [0.25, 0.3) is 0 Å². The maximum atomic E-state index is 6.22. The zero-order chi connectivity index (χ0) is 15.3. The van der Waals surface area contributed by atoms with Gasteiger partial charge in [0.2, 0.25) is 0 Å². The van der Waals surface area contributed by atoms with Gasteiger partial charge in [-0.3, -0.25) is 0 Å². The summed E-state index contributed by atoms with van der Waals surface area (Å²) < 4.78 is 1.95. The van der Waals surface area contributed by atoms with E-state index in [1.54, 1.807) is 0 Å². The maximum absolute atomic E-state index is 6.22. The first-order valence-electron chi connectivity index (χ1n) is 8.98. The molecule has 20 heavy (non-hydrogen) atoms. The lowest BCUT2D eigenvalue weighted by Crippen LogP contribution is -2.36. The lowest BCUT2D eigenvalue weighted by Gasteiger charge is -2.32. The van der Waals surface area contributed by atoms with Crippen molar-refractivity contribution in [3.05, 3.63) is 0 Å². The fourth-order valence-corrected chi connectivity index (χ4v) is 2.86. The summed E-state index contributed by atoms with van der Waals surface area (Å²) in [6.45, 7) is 9.83. The van der Waals surface area contributed by atoms with Gasteiger partial charge < -0.3 is 0 Å². The Balaban J connectivity index is 3.28. The first-order valence-corrected chi connectivity index (χ1v) is 9.31. The molecule has 0 unspecified atom stereocenters. The van der Waals surface area contributed by atoms with Crippen LogP contribution in [-0.2, 0) is 0 Å². The van der Waals surface area contributed by atoms with Crippen LogP contribution in [0.4, 0.5) is 0 Å². The molecule has 0 radical (unpaired) electrons. The standard InChI is InChI=1S/C18H38ClN/c1-5-7-8-9-10-11-12-13-14-15-16-17-18(3,4)20(19)6-2/h5-17H2,1-4H3. The molecule has 0 heterocycles.